The molecule has 4 heteroatoms. The molecule has 0 spiro atoms. The molecule has 2 fully saturated rings. The summed E-state index contributed by atoms with van der Waals surface area (Å²) in [6, 6.07) is 15.1. The van der Waals surface area contributed by atoms with E-state index in [1.165, 1.54) is 0 Å². The topological polar surface area (TPSA) is 57.6 Å². The molecular weight excluding hydrogens is 386 g/mol. The Balaban J connectivity index is 1.91. The number of amides is 1. The molecule has 1 amide bonds. The van der Waals surface area contributed by atoms with Gasteiger partial charge in [-0.2, -0.15) is 0 Å². The molecule has 31 heavy (non-hydrogen) atoms. The number of aliphatic hydroxyl groups is 1. The third-order valence-corrected chi connectivity index (χ3v) is 6.67. The second-order valence-corrected chi connectivity index (χ2v) is 9.84. The van der Waals surface area contributed by atoms with E-state index in [-0.39, 0.29) is 22.8 Å². The maximum Gasteiger partial charge on any atom is 0.295 e. The zero-order valence-corrected chi connectivity index (χ0v) is 18.8. The van der Waals surface area contributed by atoms with Gasteiger partial charge in [-0.3, -0.25) is 9.59 Å². The lowest BCUT2D eigenvalue weighted by atomic mass is 9.84. The molecule has 0 bridgehead atoms. The number of rotatable bonds is 3. The van der Waals surface area contributed by atoms with Crippen molar-refractivity contribution in [2.24, 2.45) is 0 Å². The largest absolute Gasteiger partial charge is 0.507 e. The Morgan fingerprint density at radius 1 is 1.00 bits per heavy atom. The first kappa shape index (κ1) is 21.4. The Morgan fingerprint density at radius 3 is 2.26 bits per heavy atom. The van der Waals surface area contributed by atoms with Crippen molar-refractivity contribution in [3.63, 3.8) is 0 Å². The Labute approximate surface area is 184 Å². The van der Waals surface area contributed by atoms with Crippen LogP contribution in [-0.4, -0.2) is 27.7 Å². The summed E-state index contributed by atoms with van der Waals surface area (Å²) in [5, 5.41) is 11.5. The summed E-state index contributed by atoms with van der Waals surface area (Å²) in [7, 11) is 0. The maximum absolute atomic E-state index is 13.3. The van der Waals surface area contributed by atoms with E-state index < -0.39 is 17.7 Å². The number of hydrogen-bond donors (Lipinski definition) is 1. The molecule has 2 aromatic carbocycles. The molecule has 162 valence electrons. The van der Waals surface area contributed by atoms with Crippen LogP contribution >= 0.6 is 0 Å². The molecule has 1 N–H and O–H groups in total. The molecule has 0 aromatic heterocycles. The van der Waals surface area contributed by atoms with Gasteiger partial charge in [-0.05, 0) is 47.9 Å². The van der Waals surface area contributed by atoms with Gasteiger partial charge in [0.25, 0.3) is 11.7 Å². The lowest BCUT2D eigenvalue weighted by Gasteiger charge is -2.31. The number of carbonyl (C=O) groups is 2. The molecule has 0 radical (unpaired) electrons. The minimum Gasteiger partial charge on any atom is -0.507 e. The summed E-state index contributed by atoms with van der Waals surface area (Å²) in [6.07, 6.45) is 3.91. The fraction of sp³-hybridized carbons (Fsp3) is 0.407. The first-order valence-electron chi connectivity index (χ1n) is 11.2. The smallest absolute Gasteiger partial charge is 0.295 e. The number of ketones is 1. The van der Waals surface area contributed by atoms with Crippen LogP contribution in [0.15, 0.2) is 54.1 Å². The van der Waals surface area contributed by atoms with Crippen molar-refractivity contribution in [2.75, 3.05) is 0 Å². The van der Waals surface area contributed by atoms with Crippen molar-refractivity contribution in [3.8, 4) is 0 Å². The van der Waals surface area contributed by atoms with Gasteiger partial charge in [0.2, 0.25) is 0 Å². The average Bonchev–Trinajstić information content (AvgIpc) is 3.35. The third-order valence-electron chi connectivity index (χ3n) is 6.67. The van der Waals surface area contributed by atoms with Crippen molar-refractivity contribution in [1.82, 2.24) is 4.90 Å². The van der Waals surface area contributed by atoms with Crippen molar-refractivity contribution in [1.29, 1.82) is 0 Å². The Kier molecular flexibility index (Phi) is 5.50. The van der Waals surface area contributed by atoms with Gasteiger partial charge in [0, 0.05) is 11.6 Å². The number of likely N-dealkylation sites (tertiary alicyclic amines) is 1. The zero-order valence-electron chi connectivity index (χ0n) is 18.8. The summed E-state index contributed by atoms with van der Waals surface area (Å²) in [6.45, 7) is 8.27. The Hall–Kier alpha value is -2.88. The number of aliphatic hydroxyl groups excluding tert-OH is 1. The number of benzene rings is 2. The fourth-order valence-electron chi connectivity index (χ4n) is 4.86. The number of aryl methyl sites for hydroxylation is 1. The van der Waals surface area contributed by atoms with E-state index in [1.54, 1.807) is 4.90 Å². The molecule has 4 nitrogen and oxygen atoms in total. The lowest BCUT2D eigenvalue weighted by molar-refractivity contribution is -0.141. The summed E-state index contributed by atoms with van der Waals surface area (Å²) < 4.78 is 0. The summed E-state index contributed by atoms with van der Waals surface area (Å²) in [4.78, 5) is 28.2. The van der Waals surface area contributed by atoms with Gasteiger partial charge in [-0.25, -0.2) is 0 Å². The van der Waals surface area contributed by atoms with E-state index in [2.05, 4.69) is 26.8 Å². The second kappa shape index (κ2) is 7.99. The quantitative estimate of drug-likeness (QED) is 0.398. The van der Waals surface area contributed by atoms with Crippen LogP contribution in [0.1, 0.15) is 74.8 Å². The van der Waals surface area contributed by atoms with Crippen LogP contribution < -0.4 is 0 Å². The molecule has 1 saturated carbocycles. The van der Waals surface area contributed by atoms with E-state index in [9.17, 15) is 14.7 Å². The van der Waals surface area contributed by atoms with Crippen LogP contribution in [0.3, 0.4) is 0 Å². The minimum absolute atomic E-state index is 0.0361. The summed E-state index contributed by atoms with van der Waals surface area (Å²) in [5.74, 6) is -1.15. The molecule has 1 aliphatic carbocycles. The SMILES string of the molecule is Cc1ccc(C(C)(C)C)cc1/C(O)=C1\C(=O)C(=O)N(C2CCCC2)C1c1ccccc1. The van der Waals surface area contributed by atoms with E-state index in [0.717, 1.165) is 42.4 Å². The third kappa shape index (κ3) is 3.80. The van der Waals surface area contributed by atoms with E-state index in [1.807, 2.05) is 49.4 Å². The molecule has 1 unspecified atom stereocenters. The highest BCUT2D eigenvalue weighted by Gasteiger charge is 2.49. The van der Waals surface area contributed by atoms with Gasteiger partial charge >= 0.3 is 0 Å². The van der Waals surface area contributed by atoms with Gasteiger partial charge < -0.3 is 10.0 Å². The van der Waals surface area contributed by atoms with Crippen molar-refractivity contribution in [2.45, 2.75) is 70.9 Å². The van der Waals surface area contributed by atoms with Gasteiger partial charge in [0.1, 0.15) is 5.76 Å². The maximum atomic E-state index is 13.3. The zero-order chi connectivity index (χ0) is 22.3. The van der Waals surface area contributed by atoms with E-state index in [0.29, 0.717) is 5.56 Å². The number of nitrogens with zero attached hydrogens (tertiary/aromatic N) is 1. The molecule has 4 rings (SSSR count). The molecule has 1 heterocycles. The van der Waals surface area contributed by atoms with Crippen molar-refractivity contribution >= 4 is 17.4 Å². The minimum atomic E-state index is -0.584. The highest BCUT2D eigenvalue weighted by molar-refractivity contribution is 6.46. The molecular formula is C27H31NO3. The fourth-order valence-corrected chi connectivity index (χ4v) is 4.86. The van der Waals surface area contributed by atoms with Crippen molar-refractivity contribution in [3.05, 3.63) is 76.4 Å². The second-order valence-electron chi connectivity index (χ2n) is 9.84. The van der Waals surface area contributed by atoms with Crippen LogP contribution in [0, 0.1) is 6.92 Å². The number of hydrogen-bond acceptors (Lipinski definition) is 3. The Morgan fingerprint density at radius 2 is 1.65 bits per heavy atom. The van der Waals surface area contributed by atoms with Crippen LogP contribution in [-0.2, 0) is 15.0 Å². The molecule has 1 atom stereocenters. The van der Waals surface area contributed by atoms with E-state index in [4.69, 9.17) is 0 Å². The highest BCUT2D eigenvalue weighted by atomic mass is 16.3. The van der Waals surface area contributed by atoms with Crippen LogP contribution in [0.2, 0.25) is 0 Å². The lowest BCUT2D eigenvalue weighted by Crippen LogP contribution is -2.37. The van der Waals surface area contributed by atoms with Crippen molar-refractivity contribution < 1.29 is 14.7 Å². The highest BCUT2D eigenvalue weighted by Crippen LogP contribution is 2.44. The average molecular weight is 418 g/mol. The number of Topliss-reactive ketones (excluding diaryl/α,β-unsaturated/α-hetero) is 1. The monoisotopic (exact) mass is 417 g/mol. The predicted molar refractivity (Wildman–Crippen MR) is 123 cm³/mol. The number of carbonyl (C=O) groups excluding carboxylic acids is 2. The summed E-state index contributed by atoms with van der Waals surface area (Å²) >= 11 is 0. The molecule has 1 saturated heterocycles. The van der Waals surface area contributed by atoms with Crippen LogP contribution in [0.4, 0.5) is 0 Å². The van der Waals surface area contributed by atoms with Crippen LogP contribution in [0.25, 0.3) is 5.76 Å². The van der Waals surface area contributed by atoms with Gasteiger partial charge in [0.15, 0.2) is 0 Å². The molecule has 2 aliphatic rings. The van der Waals surface area contributed by atoms with Crippen LogP contribution in [0.5, 0.6) is 0 Å². The first-order chi connectivity index (χ1) is 14.7. The molecule has 1 aliphatic heterocycles. The standard InChI is InChI=1S/C27H31NO3/c1-17-14-15-19(27(2,3)4)16-21(17)24(29)22-23(18-10-6-5-7-11-18)28(26(31)25(22)30)20-12-8-9-13-20/h5-7,10-11,14-16,20,23,29H,8-9,12-13H2,1-4H3/b24-22+. The normalized spacial score (nSPS) is 21.8. The summed E-state index contributed by atoms with van der Waals surface area (Å²) in [5.41, 5.74) is 3.54. The first-order valence-corrected chi connectivity index (χ1v) is 11.2. The Bertz CT molecular complexity index is 1040. The molecule has 2 aromatic rings. The van der Waals surface area contributed by atoms with E-state index >= 15 is 0 Å². The predicted octanol–water partition coefficient (Wildman–Crippen LogP) is 5.66. The van der Waals surface area contributed by atoms with Gasteiger partial charge in [-0.15, -0.1) is 0 Å². The van der Waals surface area contributed by atoms with Gasteiger partial charge in [0.05, 0.1) is 11.6 Å². The van der Waals surface area contributed by atoms with Gasteiger partial charge in [-0.1, -0.05) is 76.1 Å².